The summed E-state index contributed by atoms with van der Waals surface area (Å²) in [6.07, 6.45) is 2.16. The van der Waals surface area contributed by atoms with E-state index >= 15 is 0 Å². The number of aromatic nitrogens is 1. The summed E-state index contributed by atoms with van der Waals surface area (Å²) in [7, 11) is -3.64. The predicted octanol–water partition coefficient (Wildman–Crippen LogP) is 2.37. The van der Waals surface area contributed by atoms with Gasteiger partial charge in [0.2, 0.25) is 0 Å². The van der Waals surface area contributed by atoms with Gasteiger partial charge in [-0.2, -0.15) is 5.26 Å². The molecule has 0 aromatic carbocycles. The van der Waals surface area contributed by atoms with Crippen LogP contribution in [-0.2, 0) is 14.6 Å². The van der Waals surface area contributed by atoms with E-state index in [1.165, 1.54) is 18.3 Å². The summed E-state index contributed by atoms with van der Waals surface area (Å²) in [5.74, 6) is -0.141. The van der Waals surface area contributed by atoms with Crippen LogP contribution in [0.1, 0.15) is 39.2 Å². The number of amides is 1. The molecule has 2 rings (SSSR count). The summed E-state index contributed by atoms with van der Waals surface area (Å²) in [6.45, 7) is 6.35. The lowest BCUT2D eigenvalue weighted by molar-refractivity contribution is 0.0191. The van der Waals surface area contributed by atoms with E-state index in [1.807, 2.05) is 26.8 Å². The number of hydrogen-bond donors (Lipinski definition) is 0. The van der Waals surface area contributed by atoms with Crippen LogP contribution >= 0.6 is 0 Å². The van der Waals surface area contributed by atoms with E-state index in [9.17, 15) is 13.2 Å². The van der Waals surface area contributed by atoms with Gasteiger partial charge in [0, 0.05) is 19.3 Å². The van der Waals surface area contributed by atoms with Crippen molar-refractivity contribution >= 4 is 15.9 Å². The maximum atomic E-state index is 12.6. The van der Waals surface area contributed by atoms with E-state index in [2.05, 4.69) is 4.98 Å². The zero-order chi connectivity index (χ0) is 18.7. The average Bonchev–Trinajstić information content (AvgIpc) is 2.53. The van der Waals surface area contributed by atoms with Crippen molar-refractivity contribution < 1.29 is 17.9 Å². The Morgan fingerprint density at radius 3 is 2.60 bits per heavy atom. The fourth-order valence-electron chi connectivity index (χ4n) is 2.72. The van der Waals surface area contributed by atoms with Gasteiger partial charge in [0.15, 0.2) is 14.9 Å². The van der Waals surface area contributed by atoms with E-state index in [4.69, 9.17) is 10.00 Å². The Kier molecular flexibility index (Phi) is 5.68. The van der Waals surface area contributed by atoms with Gasteiger partial charge >= 0.3 is 6.09 Å². The molecule has 1 amide bonds. The number of pyridine rings is 1. The molecule has 0 radical (unpaired) electrons. The molecule has 0 spiro atoms. The number of rotatable bonds is 3. The van der Waals surface area contributed by atoms with Crippen LogP contribution in [0.2, 0.25) is 0 Å². The lowest BCUT2D eigenvalue weighted by Crippen LogP contribution is -2.42. The quantitative estimate of drug-likeness (QED) is 0.815. The minimum atomic E-state index is -3.64. The maximum Gasteiger partial charge on any atom is 0.410 e. The van der Waals surface area contributed by atoms with E-state index in [0.29, 0.717) is 25.9 Å². The Morgan fingerprint density at radius 1 is 1.40 bits per heavy atom. The SMILES string of the molecule is CC(C)(C)OC(=O)N1CCC(CS(=O)(=O)c2ncccc2C#N)CC1. The summed E-state index contributed by atoms with van der Waals surface area (Å²) in [5.41, 5.74) is -0.488. The van der Waals surface area contributed by atoms with Crippen LogP contribution in [0.3, 0.4) is 0 Å². The fourth-order valence-corrected chi connectivity index (χ4v) is 4.50. The lowest BCUT2D eigenvalue weighted by atomic mass is 9.99. The highest BCUT2D eigenvalue weighted by Crippen LogP contribution is 2.24. The second-order valence-electron chi connectivity index (χ2n) is 7.16. The Balaban J connectivity index is 1.98. The van der Waals surface area contributed by atoms with Crippen LogP contribution in [0.15, 0.2) is 23.4 Å². The van der Waals surface area contributed by atoms with Gasteiger partial charge in [-0.05, 0) is 51.7 Å². The van der Waals surface area contributed by atoms with Gasteiger partial charge in [0.25, 0.3) is 0 Å². The highest BCUT2D eigenvalue weighted by Gasteiger charge is 2.31. The summed E-state index contributed by atoms with van der Waals surface area (Å²) in [4.78, 5) is 17.5. The van der Waals surface area contributed by atoms with Crippen molar-refractivity contribution in [1.29, 1.82) is 5.26 Å². The summed E-state index contributed by atoms with van der Waals surface area (Å²) in [6, 6.07) is 4.86. The summed E-state index contributed by atoms with van der Waals surface area (Å²) >= 11 is 0. The van der Waals surface area contributed by atoms with Crippen LogP contribution < -0.4 is 0 Å². The predicted molar refractivity (Wildman–Crippen MR) is 91.5 cm³/mol. The molecule has 1 saturated heterocycles. The smallest absolute Gasteiger partial charge is 0.410 e. The first kappa shape index (κ1) is 19.2. The molecule has 1 fully saturated rings. The number of sulfone groups is 1. The van der Waals surface area contributed by atoms with Crippen molar-refractivity contribution in [2.24, 2.45) is 5.92 Å². The van der Waals surface area contributed by atoms with Crippen molar-refractivity contribution in [2.75, 3.05) is 18.8 Å². The van der Waals surface area contributed by atoms with Gasteiger partial charge in [0.05, 0.1) is 11.3 Å². The van der Waals surface area contributed by atoms with Gasteiger partial charge < -0.3 is 9.64 Å². The van der Waals surface area contributed by atoms with E-state index < -0.39 is 15.4 Å². The zero-order valence-electron chi connectivity index (χ0n) is 14.7. The number of nitriles is 1. The zero-order valence-corrected chi connectivity index (χ0v) is 15.5. The minimum absolute atomic E-state index is 0.0636. The monoisotopic (exact) mass is 365 g/mol. The molecule has 0 aliphatic carbocycles. The molecular weight excluding hydrogens is 342 g/mol. The summed E-state index contributed by atoms with van der Waals surface area (Å²) < 4.78 is 30.5. The van der Waals surface area contributed by atoms with Gasteiger partial charge in [-0.1, -0.05) is 0 Å². The summed E-state index contributed by atoms with van der Waals surface area (Å²) in [5, 5.41) is 8.90. The molecule has 7 nitrogen and oxygen atoms in total. The fraction of sp³-hybridized carbons (Fsp3) is 0.588. The molecule has 136 valence electrons. The van der Waals surface area contributed by atoms with Gasteiger partial charge in [-0.25, -0.2) is 18.2 Å². The first-order valence-electron chi connectivity index (χ1n) is 8.18. The first-order valence-corrected chi connectivity index (χ1v) is 9.83. The Bertz CT molecular complexity index is 770. The van der Waals surface area contributed by atoms with Crippen LogP contribution in [0.25, 0.3) is 0 Å². The number of piperidine rings is 1. The van der Waals surface area contributed by atoms with Crippen molar-refractivity contribution in [2.45, 2.75) is 44.2 Å². The van der Waals surface area contributed by atoms with Crippen LogP contribution in [0.4, 0.5) is 4.79 Å². The first-order chi connectivity index (χ1) is 11.6. The number of carbonyl (C=O) groups excluding carboxylic acids is 1. The molecule has 0 unspecified atom stereocenters. The molecule has 1 aliphatic rings. The minimum Gasteiger partial charge on any atom is -0.444 e. The highest BCUT2D eigenvalue weighted by molar-refractivity contribution is 7.91. The molecule has 1 aromatic rings. The number of likely N-dealkylation sites (tertiary alicyclic amines) is 1. The second kappa shape index (κ2) is 7.40. The van der Waals surface area contributed by atoms with Crippen molar-refractivity contribution in [3.05, 3.63) is 23.9 Å². The second-order valence-corrected chi connectivity index (χ2v) is 9.11. The van der Waals surface area contributed by atoms with Gasteiger partial charge in [-0.15, -0.1) is 0 Å². The van der Waals surface area contributed by atoms with Crippen LogP contribution in [0.5, 0.6) is 0 Å². The van der Waals surface area contributed by atoms with Crippen molar-refractivity contribution in [1.82, 2.24) is 9.88 Å². The van der Waals surface area contributed by atoms with Gasteiger partial charge in [-0.3, -0.25) is 0 Å². The number of carbonyl (C=O) groups is 1. The molecule has 1 aromatic heterocycles. The van der Waals surface area contributed by atoms with E-state index in [1.54, 1.807) is 4.90 Å². The topological polar surface area (TPSA) is 100 Å². The average molecular weight is 365 g/mol. The molecule has 25 heavy (non-hydrogen) atoms. The normalized spacial score (nSPS) is 16.3. The molecule has 0 atom stereocenters. The molecule has 8 heteroatoms. The third kappa shape index (κ3) is 5.16. The molecule has 0 saturated carbocycles. The molecular formula is C17H23N3O4S. The van der Waals surface area contributed by atoms with E-state index in [0.717, 1.165) is 0 Å². The maximum absolute atomic E-state index is 12.6. The molecule has 1 aliphatic heterocycles. The molecule has 0 N–H and O–H groups in total. The Morgan fingerprint density at radius 2 is 2.04 bits per heavy atom. The van der Waals surface area contributed by atoms with Crippen molar-refractivity contribution in [3.8, 4) is 6.07 Å². The highest BCUT2D eigenvalue weighted by atomic mass is 32.2. The van der Waals surface area contributed by atoms with E-state index in [-0.39, 0.29) is 28.4 Å². The largest absolute Gasteiger partial charge is 0.444 e. The van der Waals surface area contributed by atoms with Crippen LogP contribution in [-0.4, -0.2) is 48.8 Å². The van der Waals surface area contributed by atoms with Crippen LogP contribution in [0, 0.1) is 17.2 Å². The Hall–Kier alpha value is -2.14. The third-order valence-electron chi connectivity index (χ3n) is 3.91. The third-order valence-corrected chi connectivity index (χ3v) is 5.73. The number of ether oxygens (including phenoxy) is 1. The molecule has 2 heterocycles. The Labute approximate surface area is 148 Å². The lowest BCUT2D eigenvalue weighted by Gasteiger charge is -2.33. The number of nitrogens with zero attached hydrogens (tertiary/aromatic N) is 3. The number of hydrogen-bond acceptors (Lipinski definition) is 6. The van der Waals surface area contributed by atoms with Crippen molar-refractivity contribution in [3.63, 3.8) is 0 Å². The standard InChI is InChI=1S/C17H23N3O4S/c1-17(2,3)24-16(21)20-9-6-13(7-10-20)12-25(22,23)15-14(11-18)5-4-8-19-15/h4-5,8,13H,6-7,9-10,12H2,1-3H3. The molecule has 0 bridgehead atoms. The van der Waals surface area contributed by atoms with Gasteiger partial charge in [0.1, 0.15) is 11.7 Å².